The van der Waals surface area contributed by atoms with E-state index in [-0.39, 0.29) is 0 Å². The maximum atomic E-state index is 5.93. The van der Waals surface area contributed by atoms with Crippen molar-refractivity contribution in [1.82, 2.24) is 5.32 Å². The van der Waals surface area contributed by atoms with Crippen molar-refractivity contribution in [2.24, 2.45) is 0 Å². The minimum atomic E-state index is 0.552. The highest BCUT2D eigenvalue weighted by atomic mass is 16.5. The molecule has 96 valence electrons. The van der Waals surface area contributed by atoms with Crippen LogP contribution in [0.1, 0.15) is 64.7 Å². The van der Waals surface area contributed by atoms with Crippen LogP contribution < -0.4 is 5.32 Å². The Balaban J connectivity index is 1.90. The lowest BCUT2D eigenvalue weighted by Gasteiger charge is -2.28. The molecule has 16 heavy (non-hydrogen) atoms. The molecule has 0 amide bonds. The molecule has 2 nitrogen and oxygen atoms in total. The highest BCUT2D eigenvalue weighted by molar-refractivity contribution is 4.76. The van der Waals surface area contributed by atoms with Gasteiger partial charge in [0.2, 0.25) is 0 Å². The van der Waals surface area contributed by atoms with Crippen LogP contribution in [0.3, 0.4) is 0 Å². The van der Waals surface area contributed by atoms with Gasteiger partial charge in [-0.05, 0) is 39.2 Å². The number of ether oxygens (including phenoxy) is 1. The van der Waals surface area contributed by atoms with E-state index in [1.165, 1.54) is 57.8 Å². The van der Waals surface area contributed by atoms with E-state index < -0.39 is 0 Å². The predicted octanol–water partition coefficient (Wildman–Crippen LogP) is 3.50. The Bertz CT molecular complexity index is 153. The Hall–Kier alpha value is -0.0800. The van der Waals surface area contributed by atoms with E-state index in [4.69, 9.17) is 4.74 Å². The highest BCUT2D eigenvalue weighted by Gasteiger charge is 2.19. The molecule has 0 spiro atoms. The third-order valence-electron chi connectivity index (χ3n) is 3.68. The third kappa shape index (κ3) is 5.86. The molecule has 2 heteroatoms. The molecule has 0 atom stereocenters. The van der Waals surface area contributed by atoms with E-state index in [0.717, 1.165) is 12.6 Å². The first kappa shape index (κ1) is 14.0. The molecule has 0 aromatic heterocycles. The van der Waals surface area contributed by atoms with Gasteiger partial charge in [0.05, 0.1) is 6.10 Å². The average molecular weight is 227 g/mol. The van der Waals surface area contributed by atoms with Crippen LogP contribution in [0.2, 0.25) is 0 Å². The van der Waals surface area contributed by atoms with Crippen LogP contribution in [0, 0.1) is 0 Å². The molecule has 0 aromatic rings. The summed E-state index contributed by atoms with van der Waals surface area (Å²) >= 11 is 0. The molecule has 0 aromatic carbocycles. The first-order valence-electron chi connectivity index (χ1n) is 7.15. The van der Waals surface area contributed by atoms with Crippen molar-refractivity contribution < 1.29 is 4.74 Å². The molecule has 1 saturated carbocycles. The standard InChI is InChI=1S/C14H29NO/c1-3-4-5-6-7-12-16-14-10-8-13(15-2)9-11-14/h13-15H,3-12H2,1-2H3. The van der Waals surface area contributed by atoms with Crippen LogP contribution in [0.5, 0.6) is 0 Å². The molecular formula is C14H29NO. The molecule has 0 radical (unpaired) electrons. The van der Waals surface area contributed by atoms with Crippen molar-refractivity contribution in [3.05, 3.63) is 0 Å². The SMILES string of the molecule is CCCCCCCOC1CCC(NC)CC1. The summed E-state index contributed by atoms with van der Waals surface area (Å²) in [5.74, 6) is 0. The van der Waals surface area contributed by atoms with Gasteiger partial charge in [-0.25, -0.2) is 0 Å². The van der Waals surface area contributed by atoms with Crippen molar-refractivity contribution in [2.45, 2.75) is 76.9 Å². The molecule has 1 N–H and O–H groups in total. The van der Waals surface area contributed by atoms with Crippen LogP contribution in [-0.4, -0.2) is 25.8 Å². The normalized spacial score (nSPS) is 25.9. The smallest absolute Gasteiger partial charge is 0.0576 e. The molecule has 0 bridgehead atoms. The lowest BCUT2D eigenvalue weighted by Crippen LogP contribution is -2.33. The summed E-state index contributed by atoms with van der Waals surface area (Å²) in [6.07, 6.45) is 12.3. The average Bonchev–Trinajstić information content (AvgIpc) is 2.34. The molecular weight excluding hydrogens is 198 g/mol. The van der Waals surface area contributed by atoms with Gasteiger partial charge in [-0.1, -0.05) is 32.6 Å². The molecule has 0 unspecified atom stereocenters. The first-order valence-corrected chi connectivity index (χ1v) is 7.15. The molecule has 1 fully saturated rings. The monoisotopic (exact) mass is 227 g/mol. The summed E-state index contributed by atoms with van der Waals surface area (Å²) in [5.41, 5.74) is 0. The van der Waals surface area contributed by atoms with Crippen LogP contribution in [-0.2, 0) is 4.74 Å². The van der Waals surface area contributed by atoms with E-state index in [1.54, 1.807) is 0 Å². The molecule has 1 rings (SSSR count). The van der Waals surface area contributed by atoms with Gasteiger partial charge in [-0.3, -0.25) is 0 Å². The number of rotatable bonds is 8. The Morgan fingerprint density at radius 1 is 1.00 bits per heavy atom. The lowest BCUT2D eigenvalue weighted by atomic mass is 9.93. The largest absolute Gasteiger partial charge is 0.378 e. The summed E-state index contributed by atoms with van der Waals surface area (Å²) in [6, 6.07) is 0.740. The van der Waals surface area contributed by atoms with E-state index >= 15 is 0 Å². The number of nitrogens with one attached hydrogen (secondary N) is 1. The lowest BCUT2D eigenvalue weighted by molar-refractivity contribution is 0.0210. The van der Waals surface area contributed by atoms with Crippen molar-refractivity contribution in [2.75, 3.05) is 13.7 Å². The third-order valence-corrected chi connectivity index (χ3v) is 3.68. The topological polar surface area (TPSA) is 21.3 Å². The van der Waals surface area contributed by atoms with Gasteiger partial charge in [0.25, 0.3) is 0 Å². The van der Waals surface area contributed by atoms with Gasteiger partial charge in [0.1, 0.15) is 0 Å². The highest BCUT2D eigenvalue weighted by Crippen LogP contribution is 2.21. The summed E-state index contributed by atoms with van der Waals surface area (Å²) in [6.45, 7) is 3.25. The zero-order valence-electron chi connectivity index (χ0n) is 11.1. The van der Waals surface area contributed by atoms with Crippen LogP contribution in [0.4, 0.5) is 0 Å². The van der Waals surface area contributed by atoms with E-state index in [1.807, 2.05) is 0 Å². The summed E-state index contributed by atoms with van der Waals surface area (Å²) in [5, 5.41) is 3.36. The fourth-order valence-electron chi connectivity index (χ4n) is 2.47. The number of unbranched alkanes of at least 4 members (excludes halogenated alkanes) is 4. The fourth-order valence-corrected chi connectivity index (χ4v) is 2.47. The number of hydrogen-bond acceptors (Lipinski definition) is 2. The maximum Gasteiger partial charge on any atom is 0.0576 e. The Labute approximate surface area is 101 Å². The molecule has 0 heterocycles. The van der Waals surface area contributed by atoms with Crippen LogP contribution >= 0.6 is 0 Å². The van der Waals surface area contributed by atoms with Crippen LogP contribution in [0.15, 0.2) is 0 Å². The quantitative estimate of drug-likeness (QED) is 0.641. The maximum absolute atomic E-state index is 5.93. The van der Waals surface area contributed by atoms with Crippen molar-refractivity contribution in [1.29, 1.82) is 0 Å². The molecule has 1 aliphatic carbocycles. The first-order chi connectivity index (χ1) is 7.86. The molecule has 0 aliphatic heterocycles. The van der Waals surface area contributed by atoms with Gasteiger partial charge in [0, 0.05) is 12.6 Å². The zero-order valence-corrected chi connectivity index (χ0v) is 11.1. The second-order valence-electron chi connectivity index (χ2n) is 5.05. The molecule has 1 aliphatic rings. The van der Waals surface area contributed by atoms with Crippen LogP contribution in [0.25, 0.3) is 0 Å². The van der Waals surface area contributed by atoms with Gasteiger partial charge in [-0.15, -0.1) is 0 Å². The fraction of sp³-hybridized carbons (Fsp3) is 1.00. The van der Waals surface area contributed by atoms with Crippen molar-refractivity contribution in [3.8, 4) is 0 Å². The minimum Gasteiger partial charge on any atom is -0.378 e. The predicted molar refractivity (Wildman–Crippen MR) is 69.8 cm³/mol. The van der Waals surface area contributed by atoms with Gasteiger partial charge < -0.3 is 10.1 Å². The van der Waals surface area contributed by atoms with Gasteiger partial charge in [0.15, 0.2) is 0 Å². The Morgan fingerprint density at radius 2 is 1.69 bits per heavy atom. The summed E-state index contributed by atoms with van der Waals surface area (Å²) in [7, 11) is 2.07. The minimum absolute atomic E-state index is 0.552. The molecule has 0 saturated heterocycles. The van der Waals surface area contributed by atoms with Crippen molar-refractivity contribution >= 4 is 0 Å². The number of hydrogen-bond donors (Lipinski definition) is 1. The van der Waals surface area contributed by atoms with Crippen molar-refractivity contribution in [3.63, 3.8) is 0 Å². The second kappa shape index (κ2) is 9.00. The Morgan fingerprint density at radius 3 is 2.31 bits per heavy atom. The van der Waals surface area contributed by atoms with E-state index in [9.17, 15) is 0 Å². The zero-order chi connectivity index (χ0) is 11.6. The summed E-state index contributed by atoms with van der Waals surface area (Å²) < 4.78 is 5.93. The van der Waals surface area contributed by atoms with E-state index in [2.05, 4.69) is 19.3 Å². The van der Waals surface area contributed by atoms with Gasteiger partial charge >= 0.3 is 0 Å². The summed E-state index contributed by atoms with van der Waals surface area (Å²) in [4.78, 5) is 0. The van der Waals surface area contributed by atoms with E-state index in [0.29, 0.717) is 6.10 Å². The second-order valence-corrected chi connectivity index (χ2v) is 5.05. The van der Waals surface area contributed by atoms with Gasteiger partial charge in [-0.2, -0.15) is 0 Å². The Kier molecular flexibility index (Phi) is 7.87.